The number of ether oxygens (including phenoxy) is 1. The summed E-state index contributed by atoms with van der Waals surface area (Å²) in [5.41, 5.74) is -1.06. The summed E-state index contributed by atoms with van der Waals surface area (Å²) in [5.74, 6) is 0.845. The number of para-hydroxylation sites is 1. The van der Waals surface area contributed by atoms with Crippen LogP contribution in [0.25, 0.3) is 0 Å². The van der Waals surface area contributed by atoms with Crippen molar-refractivity contribution in [2.24, 2.45) is 10.8 Å². The second-order valence-electron chi connectivity index (χ2n) is 6.86. The molecule has 1 saturated carbocycles. The van der Waals surface area contributed by atoms with Gasteiger partial charge in [0.1, 0.15) is 17.8 Å². The molecule has 1 aliphatic heterocycles. The zero-order valence-electron chi connectivity index (χ0n) is 12.1. The highest BCUT2D eigenvalue weighted by atomic mass is 16.5. The van der Waals surface area contributed by atoms with E-state index in [4.69, 9.17) is 4.74 Å². The predicted molar refractivity (Wildman–Crippen MR) is 76.3 cm³/mol. The molecule has 1 fully saturated rings. The Balaban J connectivity index is 2.05. The standard InChI is InChI=1S/C17H21NO2/c1-15(2)8-5-9-17(15,19)16(11-18)10-13-6-3-4-7-14(13)20-12-16/h3-4,6-7,19H,5,8-10,12H2,1-2H3. The third-order valence-electron chi connectivity index (χ3n) is 5.40. The van der Waals surface area contributed by atoms with Gasteiger partial charge in [-0.15, -0.1) is 0 Å². The Labute approximate surface area is 120 Å². The van der Waals surface area contributed by atoms with Crippen LogP contribution < -0.4 is 4.74 Å². The van der Waals surface area contributed by atoms with E-state index in [1.165, 1.54) is 0 Å². The normalized spacial score (nSPS) is 34.9. The Morgan fingerprint density at radius 1 is 1.25 bits per heavy atom. The Morgan fingerprint density at radius 2 is 2.00 bits per heavy atom. The molecule has 1 aliphatic carbocycles. The van der Waals surface area contributed by atoms with Gasteiger partial charge in [-0.3, -0.25) is 0 Å². The average Bonchev–Trinajstić information content (AvgIpc) is 2.73. The quantitative estimate of drug-likeness (QED) is 0.854. The lowest BCUT2D eigenvalue weighted by molar-refractivity contribution is -0.138. The van der Waals surface area contributed by atoms with Gasteiger partial charge in [-0.2, -0.15) is 5.26 Å². The molecule has 1 heterocycles. The molecule has 0 radical (unpaired) electrons. The maximum atomic E-state index is 11.3. The van der Waals surface area contributed by atoms with Crippen LogP contribution in [0.15, 0.2) is 24.3 Å². The number of nitriles is 1. The van der Waals surface area contributed by atoms with Crippen molar-refractivity contribution in [1.82, 2.24) is 0 Å². The van der Waals surface area contributed by atoms with E-state index in [1.807, 2.05) is 24.3 Å². The van der Waals surface area contributed by atoms with E-state index in [0.29, 0.717) is 12.8 Å². The molecule has 3 rings (SSSR count). The molecule has 1 aromatic carbocycles. The molecule has 0 bridgehead atoms. The summed E-state index contributed by atoms with van der Waals surface area (Å²) in [6.45, 7) is 4.42. The zero-order chi connectivity index (χ0) is 14.4. The number of rotatable bonds is 1. The Morgan fingerprint density at radius 3 is 2.65 bits per heavy atom. The molecule has 2 atom stereocenters. The van der Waals surface area contributed by atoms with Crippen molar-refractivity contribution in [2.45, 2.75) is 45.1 Å². The van der Waals surface area contributed by atoms with Crippen molar-refractivity contribution in [3.63, 3.8) is 0 Å². The minimum absolute atomic E-state index is 0.252. The van der Waals surface area contributed by atoms with Gasteiger partial charge in [0, 0.05) is 6.42 Å². The van der Waals surface area contributed by atoms with Gasteiger partial charge in [-0.1, -0.05) is 32.0 Å². The summed E-state index contributed by atoms with van der Waals surface area (Å²) in [6.07, 6.45) is 3.17. The fraction of sp³-hybridized carbons (Fsp3) is 0.588. The number of hydrogen-bond donors (Lipinski definition) is 1. The molecular weight excluding hydrogens is 250 g/mol. The lowest BCUT2D eigenvalue weighted by Gasteiger charge is -2.49. The van der Waals surface area contributed by atoms with E-state index in [1.54, 1.807) is 0 Å². The number of nitrogens with zero attached hydrogens (tertiary/aromatic N) is 1. The Kier molecular flexibility index (Phi) is 2.85. The number of benzene rings is 1. The Bertz CT molecular complexity index is 575. The molecular formula is C17H21NO2. The first-order valence-electron chi connectivity index (χ1n) is 7.29. The summed E-state index contributed by atoms with van der Waals surface area (Å²) >= 11 is 0. The van der Waals surface area contributed by atoms with Crippen LogP contribution in [0.1, 0.15) is 38.7 Å². The first-order valence-corrected chi connectivity index (χ1v) is 7.29. The summed E-state index contributed by atoms with van der Waals surface area (Å²) in [4.78, 5) is 0. The third-order valence-corrected chi connectivity index (χ3v) is 5.40. The second kappa shape index (κ2) is 4.23. The topological polar surface area (TPSA) is 53.2 Å². The summed E-state index contributed by atoms with van der Waals surface area (Å²) in [5, 5.41) is 21.2. The SMILES string of the molecule is CC1(C)CCCC1(O)C1(C#N)COc2ccccc2C1. The number of aliphatic hydroxyl groups is 1. The summed E-state index contributed by atoms with van der Waals surface area (Å²) < 4.78 is 5.82. The lowest BCUT2D eigenvalue weighted by atomic mass is 9.59. The van der Waals surface area contributed by atoms with E-state index >= 15 is 0 Å². The highest BCUT2D eigenvalue weighted by Gasteiger charge is 2.62. The van der Waals surface area contributed by atoms with E-state index in [0.717, 1.165) is 24.2 Å². The minimum atomic E-state index is -0.984. The van der Waals surface area contributed by atoms with Crippen molar-refractivity contribution in [2.75, 3.05) is 6.61 Å². The number of hydrogen-bond acceptors (Lipinski definition) is 3. The van der Waals surface area contributed by atoms with E-state index in [9.17, 15) is 10.4 Å². The maximum Gasteiger partial charge on any atom is 0.124 e. The van der Waals surface area contributed by atoms with Crippen LogP contribution in [0, 0.1) is 22.2 Å². The van der Waals surface area contributed by atoms with Crippen molar-refractivity contribution >= 4 is 0 Å². The molecule has 2 unspecified atom stereocenters. The monoisotopic (exact) mass is 271 g/mol. The molecule has 1 N–H and O–H groups in total. The van der Waals surface area contributed by atoms with E-state index in [2.05, 4.69) is 19.9 Å². The minimum Gasteiger partial charge on any atom is -0.492 e. The summed E-state index contributed by atoms with van der Waals surface area (Å²) in [6, 6.07) is 10.2. The van der Waals surface area contributed by atoms with Crippen molar-refractivity contribution in [3.05, 3.63) is 29.8 Å². The average molecular weight is 271 g/mol. The fourth-order valence-electron chi connectivity index (χ4n) is 4.02. The lowest BCUT2D eigenvalue weighted by Crippen LogP contribution is -2.59. The highest BCUT2D eigenvalue weighted by molar-refractivity contribution is 5.39. The van der Waals surface area contributed by atoms with Gasteiger partial charge in [0.05, 0.1) is 11.7 Å². The second-order valence-corrected chi connectivity index (χ2v) is 6.86. The zero-order valence-corrected chi connectivity index (χ0v) is 12.1. The van der Waals surface area contributed by atoms with Gasteiger partial charge >= 0.3 is 0 Å². The van der Waals surface area contributed by atoms with E-state index in [-0.39, 0.29) is 12.0 Å². The van der Waals surface area contributed by atoms with Crippen LogP contribution in [0.3, 0.4) is 0 Å². The first-order chi connectivity index (χ1) is 9.44. The van der Waals surface area contributed by atoms with Crippen molar-refractivity contribution in [1.29, 1.82) is 5.26 Å². The van der Waals surface area contributed by atoms with Gasteiger partial charge < -0.3 is 9.84 Å². The van der Waals surface area contributed by atoms with Crippen LogP contribution in [0.4, 0.5) is 0 Å². The van der Waals surface area contributed by atoms with Crippen LogP contribution >= 0.6 is 0 Å². The molecule has 0 saturated heterocycles. The molecule has 0 aromatic heterocycles. The molecule has 2 aliphatic rings. The molecule has 0 spiro atoms. The van der Waals surface area contributed by atoms with Gasteiger partial charge in [0.15, 0.2) is 0 Å². The number of fused-ring (bicyclic) bond motifs is 1. The molecule has 3 heteroatoms. The molecule has 106 valence electrons. The Hall–Kier alpha value is -1.53. The van der Waals surface area contributed by atoms with Crippen molar-refractivity contribution in [3.8, 4) is 11.8 Å². The summed E-state index contributed by atoms with van der Waals surface area (Å²) in [7, 11) is 0. The van der Waals surface area contributed by atoms with Gasteiger partial charge in [-0.25, -0.2) is 0 Å². The van der Waals surface area contributed by atoms with Crippen LogP contribution in [-0.2, 0) is 6.42 Å². The van der Waals surface area contributed by atoms with Crippen LogP contribution in [-0.4, -0.2) is 17.3 Å². The predicted octanol–water partition coefficient (Wildman–Crippen LogP) is 3.07. The smallest absolute Gasteiger partial charge is 0.124 e. The van der Waals surface area contributed by atoms with Crippen LogP contribution in [0.2, 0.25) is 0 Å². The first kappa shape index (κ1) is 13.5. The molecule has 0 amide bonds. The molecule has 20 heavy (non-hydrogen) atoms. The highest BCUT2D eigenvalue weighted by Crippen LogP contribution is 2.57. The fourth-order valence-corrected chi connectivity index (χ4v) is 4.02. The van der Waals surface area contributed by atoms with E-state index < -0.39 is 11.0 Å². The maximum absolute atomic E-state index is 11.3. The van der Waals surface area contributed by atoms with Gasteiger partial charge in [0.2, 0.25) is 0 Å². The van der Waals surface area contributed by atoms with Gasteiger partial charge in [-0.05, 0) is 36.3 Å². The molecule has 3 nitrogen and oxygen atoms in total. The van der Waals surface area contributed by atoms with Gasteiger partial charge in [0.25, 0.3) is 0 Å². The largest absolute Gasteiger partial charge is 0.492 e. The van der Waals surface area contributed by atoms with Crippen molar-refractivity contribution < 1.29 is 9.84 Å². The molecule has 1 aromatic rings. The third kappa shape index (κ3) is 1.61. The van der Waals surface area contributed by atoms with Crippen LogP contribution in [0.5, 0.6) is 5.75 Å².